The zero-order valence-electron chi connectivity index (χ0n) is 11.9. The summed E-state index contributed by atoms with van der Waals surface area (Å²) < 4.78 is 6.00. The third kappa shape index (κ3) is 2.88. The van der Waals surface area contributed by atoms with E-state index in [-0.39, 0.29) is 0 Å². The van der Waals surface area contributed by atoms with Gasteiger partial charge in [-0.1, -0.05) is 42.5 Å². The highest BCUT2D eigenvalue weighted by molar-refractivity contribution is 5.89. The number of rotatable bonds is 4. The van der Waals surface area contributed by atoms with Crippen molar-refractivity contribution in [3.05, 3.63) is 72.1 Å². The Kier molecular flexibility index (Phi) is 3.84. The molecule has 0 radical (unpaired) electrons. The van der Waals surface area contributed by atoms with Crippen molar-refractivity contribution in [2.75, 3.05) is 0 Å². The second-order valence-electron chi connectivity index (χ2n) is 5.03. The number of ether oxygens (including phenoxy) is 1. The summed E-state index contributed by atoms with van der Waals surface area (Å²) in [6.45, 7) is 2.18. The Morgan fingerprint density at radius 2 is 1.95 bits per heavy atom. The van der Waals surface area contributed by atoms with Crippen molar-refractivity contribution in [2.45, 2.75) is 19.6 Å². The molecule has 2 aromatic carbocycles. The van der Waals surface area contributed by atoms with Crippen LogP contribution in [0.1, 0.15) is 24.2 Å². The Morgan fingerprint density at radius 1 is 1.10 bits per heavy atom. The van der Waals surface area contributed by atoms with Gasteiger partial charge in [0.05, 0.1) is 6.10 Å². The number of pyridine rings is 1. The van der Waals surface area contributed by atoms with Crippen molar-refractivity contribution in [3.8, 4) is 5.75 Å². The molecule has 0 aliphatic rings. The third-order valence-electron chi connectivity index (χ3n) is 3.47. The molecular weight excluding hydrogens is 262 g/mol. The van der Waals surface area contributed by atoms with E-state index >= 15 is 0 Å². The molecule has 0 unspecified atom stereocenters. The summed E-state index contributed by atoms with van der Waals surface area (Å²) in [4.78, 5) is 4.09. The zero-order chi connectivity index (χ0) is 14.7. The van der Waals surface area contributed by atoms with Crippen molar-refractivity contribution < 1.29 is 9.84 Å². The Hall–Kier alpha value is -2.39. The van der Waals surface area contributed by atoms with Gasteiger partial charge in [-0.25, -0.2) is 0 Å². The van der Waals surface area contributed by atoms with Gasteiger partial charge in [-0.05, 0) is 18.4 Å². The second kappa shape index (κ2) is 5.94. The number of aliphatic hydroxyl groups is 1. The average molecular weight is 279 g/mol. The van der Waals surface area contributed by atoms with E-state index in [2.05, 4.69) is 4.98 Å². The minimum Gasteiger partial charge on any atom is -0.488 e. The first-order chi connectivity index (χ1) is 10.3. The Balaban J connectivity index is 2.00. The molecule has 0 saturated heterocycles. The molecule has 1 heterocycles. The van der Waals surface area contributed by atoms with E-state index < -0.39 is 6.10 Å². The lowest BCUT2D eigenvalue weighted by Crippen LogP contribution is -2.02. The zero-order valence-corrected chi connectivity index (χ0v) is 11.9. The predicted molar refractivity (Wildman–Crippen MR) is 83.2 cm³/mol. The maximum atomic E-state index is 9.97. The van der Waals surface area contributed by atoms with Gasteiger partial charge in [-0.2, -0.15) is 0 Å². The molecule has 21 heavy (non-hydrogen) atoms. The van der Waals surface area contributed by atoms with Crippen molar-refractivity contribution in [1.82, 2.24) is 4.98 Å². The van der Waals surface area contributed by atoms with Crippen LogP contribution in [0.25, 0.3) is 10.8 Å². The van der Waals surface area contributed by atoms with Gasteiger partial charge in [0.25, 0.3) is 0 Å². The van der Waals surface area contributed by atoms with Gasteiger partial charge in [0.1, 0.15) is 12.4 Å². The molecule has 0 fully saturated rings. The monoisotopic (exact) mass is 279 g/mol. The normalized spacial score (nSPS) is 12.3. The molecule has 0 saturated carbocycles. The highest BCUT2D eigenvalue weighted by Crippen LogP contribution is 2.34. The molecule has 3 rings (SSSR count). The van der Waals surface area contributed by atoms with Gasteiger partial charge in [-0.3, -0.25) is 4.98 Å². The van der Waals surface area contributed by atoms with Crippen LogP contribution in [0.2, 0.25) is 0 Å². The fourth-order valence-electron chi connectivity index (χ4n) is 2.39. The van der Waals surface area contributed by atoms with Gasteiger partial charge in [0.15, 0.2) is 0 Å². The van der Waals surface area contributed by atoms with Crippen LogP contribution in [0, 0.1) is 0 Å². The Bertz CT molecular complexity index is 739. The Labute approximate surface area is 123 Å². The number of aliphatic hydroxyl groups excluding tert-OH is 1. The molecule has 1 N–H and O–H groups in total. The number of nitrogens with zero attached hydrogens (tertiary/aromatic N) is 1. The van der Waals surface area contributed by atoms with Crippen LogP contribution >= 0.6 is 0 Å². The number of benzene rings is 2. The van der Waals surface area contributed by atoms with E-state index in [9.17, 15) is 5.11 Å². The lowest BCUT2D eigenvalue weighted by atomic mass is 10.0. The minimum absolute atomic E-state index is 0.432. The highest BCUT2D eigenvalue weighted by atomic mass is 16.5. The summed E-state index contributed by atoms with van der Waals surface area (Å²) in [5.41, 5.74) is 1.81. The summed E-state index contributed by atoms with van der Waals surface area (Å²) in [6.07, 6.45) is 2.95. The third-order valence-corrected chi connectivity index (χ3v) is 3.47. The van der Waals surface area contributed by atoms with E-state index in [4.69, 9.17) is 4.74 Å². The summed E-state index contributed by atoms with van der Waals surface area (Å²) in [7, 11) is 0. The number of fused-ring (bicyclic) bond motifs is 1. The summed E-state index contributed by atoms with van der Waals surface area (Å²) in [5, 5.41) is 12.1. The van der Waals surface area contributed by atoms with E-state index in [0.29, 0.717) is 6.61 Å². The quantitative estimate of drug-likeness (QED) is 0.788. The van der Waals surface area contributed by atoms with Gasteiger partial charge < -0.3 is 9.84 Å². The van der Waals surface area contributed by atoms with Crippen molar-refractivity contribution >= 4 is 10.8 Å². The minimum atomic E-state index is -0.571. The van der Waals surface area contributed by atoms with Crippen molar-refractivity contribution in [2.24, 2.45) is 0 Å². The van der Waals surface area contributed by atoms with Crippen LogP contribution in [0.3, 0.4) is 0 Å². The van der Waals surface area contributed by atoms with E-state index in [1.165, 1.54) is 0 Å². The largest absolute Gasteiger partial charge is 0.488 e. The maximum Gasteiger partial charge on any atom is 0.133 e. The molecule has 0 aliphatic heterocycles. The highest BCUT2D eigenvalue weighted by Gasteiger charge is 2.13. The van der Waals surface area contributed by atoms with Crippen LogP contribution in [0.5, 0.6) is 5.75 Å². The molecule has 1 atom stereocenters. The van der Waals surface area contributed by atoms with Crippen LogP contribution in [0.15, 0.2) is 60.9 Å². The van der Waals surface area contributed by atoms with Gasteiger partial charge in [0, 0.05) is 28.9 Å². The van der Waals surface area contributed by atoms with E-state index in [1.54, 1.807) is 19.3 Å². The number of hydrogen-bond acceptors (Lipinski definition) is 3. The van der Waals surface area contributed by atoms with Crippen molar-refractivity contribution in [3.63, 3.8) is 0 Å². The molecule has 0 spiro atoms. The summed E-state index contributed by atoms with van der Waals surface area (Å²) in [6, 6.07) is 15.8. The van der Waals surface area contributed by atoms with E-state index in [0.717, 1.165) is 27.6 Å². The standard InChI is InChI=1S/C18H17NO2/c1-13(20)16-9-8-15-6-2-3-7-17(15)18(16)21-12-14-5-4-10-19-11-14/h2-11,13,20H,12H2,1H3/t13-/m1/s1. The molecule has 106 valence electrons. The molecule has 1 aromatic heterocycles. The molecule has 0 bridgehead atoms. The SMILES string of the molecule is C[C@@H](O)c1ccc2ccccc2c1OCc1cccnc1. The molecule has 0 aliphatic carbocycles. The molecule has 3 nitrogen and oxygen atoms in total. The van der Waals surface area contributed by atoms with Gasteiger partial charge >= 0.3 is 0 Å². The van der Waals surface area contributed by atoms with Crippen LogP contribution in [-0.2, 0) is 6.61 Å². The van der Waals surface area contributed by atoms with Crippen molar-refractivity contribution in [1.29, 1.82) is 0 Å². The molecule has 3 aromatic rings. The first-order valence-corrected chi connectivity index (χ1v) is 6.97. The number of hydrogen-bond donors (Lipinski definition) is 1. The van der Waals surface area contributed by atoms with Crippen LogP contribution in [-0.4, -0.2) is 10.1 Å². The first-order valence-electron chi connectivity index (χ1n) is 6.97. The molecule has 0 amide bonds. The molecule has 3 heteroatoms. The summed E-state index contributed by atoms with van der Waals surface area (Å²) >= 11 is 0. The topological polar surface area (TPSA) is 42.4 Å². The van der Waals surface area contributed by atoms with Gasteiger partial charge in [-0.15, -0.1) is 0 Å². The second-order valence-corrected chi connectivity index (χ2v) is 5.03. The lowest BCUT2D eigenvalue weighted by Gasteiger charge is -2.16. The number of aromatic nitrogens is 1. The smallest absolute Gasteiger partial charge is 0.133 e. The Morgan fingerprint density at radius 3 is 2.71 bits per heavy atom. The lowest BCUT2D eigenvalue weighted by molar-refractivity contribution is 0.191. The van der Waals surface area contributed by atoms with E-state index in [1.807, 2.05) is 48.5 Å². The fourth-order valence-corrected chi connectivity index (χ4v) is 2.39. The average Bonchev–Trinajstić information content (AvgIpc) is 2.53. The first kappa shape index (κ1) is 13.6. The van der Waals surface area contributed by atoms with Crippen LogP contribution in [0.4, 0.5) is 0 Å². The fraction of sp³-hybridized carbons (Fsp3) is 0.167. The van der Waals surface area contributed by atoms with Gasteiger partial charge in [0.2, 0.25) is 0 Å². The van der Waals surface area contributed by atoms with Crippen LogP contribution < -0.4 is 4.74 Å². The maximum absolute atomic E-state index is 9.97. The predicted octanol–water partition coefficient (Wildman–Crippen LogP) is 3.87. The summed E-state index contributed by atoms with van der Waals surface area (Å²) in [5.74, 6) is 0.743. The molecular formula is C18H17NO2.